The number of para-hydroxylation sites is 3. The van der Waals surface area contributed by atoms with Crippen LogP contribution in [0.5, 0.6) is 0 Å². The number of benzene rings is 3. The van der Waals surface area contributed by atoms with Gasteiger partial charge in [0, 0.05) is 18.1 Å². The van der Waals surface area contributed by atoms with Crippen LogP contribution in [-0.2, 0) is 24.1 Å². The first-order valence-corrected chi connectivity index (χ1v) is 12.5. The Hall–Kier alpha value is -3.36. The smallest absolute Gasteiger partial charge is 0.325 e. The van der Waals surface area contributed by atoms with E-state index in [-0.39, 0.29) is 5.69 Å². The predicted octanol–water partition coefficient (Wildman–Crippen LogP) is 6.61. The van der Waals surface area contributed by atoms with Gasteiger partial charge in [-0.3, -0.25) is 9.69 Å². The predicted molar refractivity (Wildman–Crippen MR) is 138 cm³/mol. The van der Waals surface area contributed by atoms with Gasteiger partial charge in [-0.2, -0.15) is 13.2 Å². The molecule has 1 amide bonds. The van der Waals surface area contributed by atoms with Gasteiger partial charge in [0.1, 0.15) is 5.82 Å². The van der Waals surface area contributed by atoms with Gasteiger partial charge in [0.15, 0.2) is 0 Å². The summed E-state index contributed by atoms with van der Waals surface area (Å²) in [6.45, 7) is 2.39. The van der Waals surface area contributed by atoms with Crippen LogP contribution in [0.3, 0.4) is 0 Å². The van der Waals surface area contributed by atoms with E-state index in [1.807, 2.05) is 48.5 Å². The molecule has 1 N–H and O–H groups in total. The van der Waals surface area contributed by atoms with Crippen molar-refractivity contribution in [2.75, 3.05) is 18.4 Å². The Morgan fingerprint density at radius 1 is 1.00 bits per heavy atom. The second-order valence-electron chi connectivity index (χ2n) is 9.34. The third-order valence-electron chi connectivity index (χ3n) is 6.72. The van der Waals surface area contributed by atoms with E-state index in [9.17, 15) is 18.0 Å². The lowest BCUT2D eigenvalue weighted by atomic mass is 9.96. The Balaban J connectivity index is 1.33. The van der Waals surface area contributed by atoms with Crippen LogP contribution in [0.15, 0.2) is 72.8 Å². The number of likely N-dealkylation sites (tertiary alicyclic amines) is 1. The normalized spacial score (nSPS) is 16.7. The highest BCUT2D eigenvalue weighted by Crippen LogP contribution is 2.35. The van der Waals surface area contributed by atoms with Crippen LogP contribution in [0.4, 0.5) is 18.9 Å². The fraction of sp³-hybridized carbons (Fsp3) is 0.286. The molecule has 1 aliphatic rings. The van der Waals surface area contributed by atoms with Crippen LogP contribution < -0.4 is 5.32 Å². The molecule has 1 aliphatic heterocycles. The number of aromatic nitrogens is 2. The van der Waals surface area contributed by atoms with Gasteiger partial charge in [0.25, 0.3) is 0 Å². The van der Waals surface area contributed by atoms with Gasteiger partial charge in [-0.25, -0.2) is 4.98 Å². The van der Waals surface area contributed by atoms with Crippen molar-refractivity contribution < 1.29 is 18.0 Å². The van der Waals surface area contributed by atoms with E-state index < -0.39 is 23.6 Å². The quantitative estimate of drug-likeness (QED) is 0.308. The van der Waals surface area contributed by atoms with Crippen molar-refractivity contribution in [3.63, 3.8) is 0 Å². The number of alkyl halides is 3. The summed E-state index contributed by atoms with van der Waals surface area (Å²) in [5.41, 5.74) is 1.95. The molecule has 0 radical (unpaired) electrons. The molecule has 1 aromatic heterocycles. The maximum absolute atomic E-state index is 13.4. The summed E-state index contributed by atoms with van der Waals surface area (Å²) in [7, 11) is 0. The fourth-order valence-electron chi connectivity index (χ4n) is 4.88. The van der Waals surface area contributed by atoms with Crippen molar-refractivity contribution in [1.29, 1.82) is 0 Å². The molecule has 2 heterocycles. The highest BCUT2D eigenvalue weighted by molar-refractivity contribution is 6.30. The van der Waals surface area contributed by atoms with Crippen molar-refractivity contribution in [2.24, 2.45) is 5.92 Å². The number of piperidine rings is 1. The van der Waals surface area contributed by atoms with E-state index >= 15 is 0 Å². The van der Waals surface area contributed by atoms with Crippen LogP contribution >= 0.6 is 11.6 Å². The highest BCUT2D eigenvalue weighted by atomic mass is 35.5. The van der Waals surface area contributed by atoms with Gasteiger partial charge >= 0.3 is 6.18 Å². The van der Waals surface area contributed by atoms with Gasteiger partial charge in [-0.05, 0) is 61.3 Å². The van der Waals surface area contributed by atoms with Gasteiger partial charge in [-0.15, -0.1) is 0 Å². The Morgan fingerprint density at radius 2 is 1.73 bits per heavy atom. The van der Waals surface area contributed by atoms with Gasteiger partial charge in [0.05, 0.1) is 34.7 Å². The number of carbonyl (C=O) groups is 1. The molecule has 192 valence electrons. The molecule has 5 nitrogen and oxygen atoms in total. The number of hydrogen-bond acceptors (Lipinski definition) is 3. The van der Waals surface area contributed by atoms with Crippen molar-refractivity contribution in [2.45, 2.75) is 32.1 Å². The highest BCUT2D eigenvalue weighted by Gasteiger charge is 2.34. The monoisotopic (exact) mass is 526 g/mol. The lowest BCUT2D eigenvalue weighted by Gasteiger charge is -2.32. The second kappa shape index (κ2) is 10.6. The lowest BCUT2D eigenvalue weighted by molar-refractivity contribution is -0.137. The molecule has 37 heavy (non-hydrogen) atoms. The van der Waals surface area contributed by atoms with Gasteiger partial charge in [-0.1, -0.05) is 48.0 Å². The molecule has 4 aromatic rings. The van der Waals surface area contributed by atoms with Crippen molar-refractivity contribution in [3.8, 4) is 0 Å². The molecule has 0 bridgehead atoms. The Labute approximate surface area is 217 Å². The molecule has 1 fully saturated rings. The minimum absolute atomic E-state index is 0.207. The Bertz CT molecular complexity index is 1400. The minimum Gasteiger partial charge on any atom is -0.325 e. The molecular weight excluding hydrogens is 501 g/mol. The van der Waals surface area contributed by atoms with Crippen LogP contribution in [0.25, 0.3) is 11.0 Å². The van der Waals surface area contributed by atoms with Crippen LogP contribution in [0.2, 0.25) is 5.02 Å². The summed E-state index contributed by atoms with van der Waals surface area (Å²) >= 11 is 6.06. The molecular formula is C28H26ClF3N4O. The van der Waals surface area contributed by atoms with Crippen molar-refractivity contribution in [1.82, 2.24) is 14.5 Å². The Kier molecular flexibility index (Phi) is 7.22. The zero-order valence-electron chi connectivity index (χ0n) is 20.0. The van der Waals surface area contributed by atoms with Crippen molar-refractivity contribution >= 4 is 34.2 Å². The summed E-state index contributed by atoms with van der Waals surface area (Å²) in [6, 6.07) is 20.7. The number of nitrogens with one attached hydrogen (secondary N) is 1. The summed E-state index contributed by atoms with van der Waals surface area (Å²) in [4.78, 5) is 20.0. The van der Waals surface area contributed by atoms with E-state index in [1.54, 1.807) is 0 Å². The molecule has 0 saturated carbocycles. The fourth-order valence-corrected chi connectivity index (χ4v) is 5.01. The SMILES string of the molecule is O=C(Nc1ccccc1C(F)(F)F)[C@@H]1CCCN(Cc2nc3ccccc3n2Cc2ccc(Cl)cc2)C1. The number of rotatable bonds is 6. The van der Waals surface area contributed by atoms with E-state index in [0.717, 1.165) is 41.5 Å². The van der Waals surface area contributed by atoms with Gasteiger partial charge < -0.3 is 9.88 Å². The van der Waals surface area contributed by atoms with Crippen LogP contribution in [-0.4, -0.2) is 33.4 Å². The summed E-state index contributed by atoms with van der Waals surface area (Å²) in [5, 5.41) is 3.20. The van der Waals surface area contributed by atoms with Crippen LogP contribution in [0.1, 0.15) is 29.8 Å². The molecule has 0 spiro atoms. The average Bonchev–Trinajstić information content (AvgIpc) is 3.22. The third kappa shape index (κ3) is 5.81. The molecule has 0 unspecified atom stereocenters. The molecule has 0 aliphatic carbocycles. The number of imidazole rings is 1. The van der Waals surface area contributed by atoms with Crippen molar-refractivity contribution in [3.05, 3.63) is 94.8 Å². The summed E-state index contributed by atoms with van der Waals surface area (Å²) in [5.74, 6) is 0.0693. The van der Waals surface area contributed by atoms with E-state index in [1.165, 1.54) is 18.2 Å². The maximum atomic E-state index is 13.4. The zero-order valence-corrected chi connectivity index (χ0v) is 20.8. The maximum Gasteiger partial charge on any atom is 0.418 e. The number of amides is 1. The van der Waals surface area contributed by atoms with Gasteiger partial charge in [0.2, 0.25) is 5.91 Å². The zero-order chi connectivity index (χ0) is 26.0. The van der Waals surface area contributed by atoms with E-state index in [4.69, 9.17) is 16.6 Å². The first-order chi connectivity index (χ1) is 17.8. The topological polar surface area (TPSA) is 50.2 Å². The Morgan fingerprint density at radius 3 is 2.51 bits per heavy atom. The number of nitrogens with zero attached hydrogens (tertiary/aromatic N) is 3. The summed E-state index contributed by atoms with van der Waals surface area (Å²) < 4.78 is 42.3. The number of anilines is 1. The lowest BCUT2D eigenvalue weighted by Crippen LogP contribution is -2.41. The standard InChI is InChI=1S/C28H26ClF3N4O/c29-21-13-11-19(12-14-21)16-36-25-10-4-3-9-24(25)33-26(36)18-35-15-5-6-20(17-35)27(37)34-23-8-2-1-7-22(23)28(30,31)32/h1-4,7-14,20H,5-6,15-18H2,(H,34,37)/t20-/m1/s1. The summed E-state index contributed by atoms with van der Waals surface area (Å²) in [6.07, 6.45) is -3.14. The second-order valence-corrected chi connectivity index (χ2v) is 9.77. The molecule has 9 heteroatoms. The first kappa shape index (κ1) is 25.3. The van der Waals surface area contributed by atoms with E-state index in [2.05, 4.69) is 14.8 Å². The molecule has 5 rings (SSSR count). The number of halogens is 4. The largest absolute Gasteiger partial charge is 0.418 e. The molecule has 3 aromatic carbocycles. The number of carbonyl (C=O) groups excluding carboxylic acids is 1. The molecule has 1 atom stereocenters. The number of fused-ring (bicyclic) bond motifs is 1. The number of hydrogen-bond donors (Lipinski definition) is 1. The minimum atomic E-state index is -4.54. The van der Waals surface area contributed by atoms with Crippen LogP contribution in [0, 0.1) is 5.92 Å². The first-order valence-electron chi connectivity index (χ1n) is 12.2. The average molecular weight is 527 g/mol. The third-order valence-corrected chi connectivity index (χ3v) is 6.97. The molecule has 1 saturated heterocycles. The van der Waals surface area contributed by atoms with E-state index in [0.29, 0.717) is 31.1 Å².